The Labute approximate surface area is 108 Å². The Bertz CT molecular complexity index is 530. The lowest BCUT2D eigenvalue weighted by atomic mass is 10.1. The van der Waals surface area contributed by atoms with E-state index < -0.39 is 0 Å². The van der Waals surface area contributed by atoms with E-state index in [0.717, 1.165) is 12.2 Å². The summed E-state index contributed by atoms with van der Waals surface area (Å²) >= 11 is 0. The van der Waals surface area contributed by atoms with Crippen molar-refractivity contribution < 1.29 is 0 Å². The van der Waals surface area contributed by atoms with Crippen molar-refractivity contribution in [3.63, 3.8) is 0 Å². The van der Waals surface area contributed by atoms with Crippen LogP contribution in [0.2, 0.25) is 0 Å². The van der Waals surface area contributed by atoms with Crippen molar-refractivity contribution in [2.45, 2.75) is 33.4 Å². The van der Waals surface area contributed by atoms with Gasteiger partial charge in [-0.1, -0.05) is 0 Å². The van der Waals surface area contributed by atoms with Gasteiger partial charge < -0.3 is 5.32 Å². The fourth-order valence-electron chi connectivity index (χ4n) is 2.12. The predicted octanol–water partition coefficient (Wildman–Crippen LogP) is 2.28. The normalized spacial score (nSPS) is 12.7. The molecule has 4 nitrogen and oxygen atoms in total. The summed E-state index contributed by atoms with van der Waals surface area (Å²) in [5, 5.41) is 7.90. The van der Waals surface area contributed by atoms with E-state index in [-0.39, 0.29) is 0 Å². The molecule has 1 N–H and O–H groups in total. The van der Waals surface area contributed by atoms with Crippen molar-refractivity contribution in [1.29, 1.82) is 0 Å². The molecule has 0 aliphatic carbocycles. The van der Waals surface area contributed by atoms with E-state index in [1.54, 1.807) is 0 Å². The Balaban J connectivity index is 2.03. The van der Waals surface area contributed by atoms with E-state index in [1.807, 2.05) is 31.0 Å². The topological polar surface area (TPSA) is 42.7 Å². The molecule has 96 valence electrons. The molecule has 0 bridgehead atoms. The lowest BCUT2D eigenvalue weighted by Gasteiger charge is -2.14. The minimum Gasteiger partial charge on any atom is -0.306 e. The van der Waals surface area contributed by atoms with Gasteiger partial charge in [-0.05, 0) is 38.0 Å². The molecule has 0 radical (unpaired) electrons. The summed E-state index contributed by atoms with van der Waals surface area (Å²) in [4.78, 5) is 4.11. The van der Waals surface area contributed by atoms with Crippen LogP contribution in [0.3, 0.4) is 0 Å². The third-order valence-corrected chi connectivity index (χ3v) is 3.25. The molecule has 0 saturated heterocycles. The number of hydrogen-bond donors (Lipinski definition) is 1. The summed E-state index contributed by atoms with van der Waals surface area (Å²) in [6.45, 7) is 7.15. The van der Waals surface area contributed by atoms with Gasteiger partial charge in [-0.25, -0.2) is 0 Å². The first-order chi connectivity index (χ1) is 8.58. The van der Waals surface area contributed by atoms with E-state index in [2.05, 4.69) is 41.5 Å². The highest BCUT2D eigenvalue weighted by Gasteiger charge is 2.11. The largest absolute Gasteiger partial charge is 0.306 e. The van der Waals surface area contributed by atoms with E-state index in [1.165, 1.54) is 16.7 Å². The number of nitrogens with one attached hydrogen (secondary N) is 1. The molecule has 0 aliphatic rings. The van der Waals surface area contributed by atoms with Crippen LogP contribution >= 0.6 is 0 Å². The molecular weight excluding hydrogens is 224 g/mol. The van der Waals surface area contributed by atoms with Crippen LogP contribution in [0.15, 0.2) is 24.7 Å². The zero-order chi connectivity index (χ0) is 13.1. The number of rotatable bonds is 4. The number of pyridine rings is 1. The second-order valence-electron chi connectivity index (χ2n) is 4.75. The second kappa shape index (κ2) is 5.31. The van der Waals surface area contributed by atoms with Gasteiger partial charge in [0, 0.05) is 43.8 Å². The molecule has 4 heteroatoms. The highest BCUT2D eigenvalue weighted by Crippen LogP contribution is 2.16. The minimum absolute atomic E-state index is 0.297. The minimum atomic E-state index is 0.297. The van der Waals surface area contributed by atoms with Crippen LogP contribution in [-0.4, -0.2) is 14.8 Å². The molecule has 18 heavy (non-hydrogen) atoms. The lowest BCUT2D eigenvalue weighted by Crippen LogP contribution is -2.19. The van der Waals surface area contributed by atoms with Crippen LogP contribution in [0.5, 0.6) is 0 Å². The number of hydrogen-bond acceptors (Lipinski definition) is 3. The van der Waals surface area contributed by atoms with Gasteiger partial charge in [0.25, 0.3) is 0 Å². The monoisotopic (exact) mass is 244 g/mol. The maximum absolute atomic E-state index is 4.37. The van der Waals surface area contributed by atoms with E-state index in [9.17, 15) is 0 Å². The molecule has 0 aromatic carbocycles. The van der Waals surface area contributed by atoms with E-state index in [0.29, 0.717) is 6.04 Å². The van der Waals surface area contributed by atoms with Crippen molar-refractivity contribution in [3.05, 3.63) is 47.0 Å². The number of aromatic nitrogens is 3. The molecular formula is C14H20N4. The Hall–Kier alpha value is -1.68. The first-order valence-electron chi connectivity index (χ1n) is 6.21. The zero-order valence-corrected chi connectivity index (χ0v) is 11.4. The number of nitrogens with zero attached hydrogens (tertiary/aromatic N) is 3. The fourth-order valence-corrected chi connectivity index (χ4v) is 2.12. The van der Waals surface area contributed by atoms with Crippen LogP contribution in [0, 0.1) is 13.8 Å². The lowest BCUT2D eigenvalue weighted by molar-refractivity contribution is 0.570. The van der Waals surface area contributed by atoms with Gasteiger partial charge in [0.2, 0.25) is 0 Å². The second-order valence-corrected chi connectivity index (χ2v) is 4.75. The van der Waals surface area contributed by atoms with Gasteiger partial charge in [-0.3, -0.25) is 9.67 Å². The third-order valence-electron chi connectivity index (χ3n) is 3.25. The molecule has 0 fully saturated rings. The molecule has 2 aromatic rings. The van der Waals surface area contributed by atoms with Crippen molar-refractivity contribution in [2.24, 2.45) is 7.05 Å². The molecule has 0 amide bonds. The van der Waals surface area contributed by atoms with Crippen molar-refractivity contribution >= 4 is 0 Å². The molecule has 2 aromatic heterocycles. The highest BCUT2D eigenvalue weighted by molar-refractivity contribution is 5.23. The quantitative estimate of drug-likeness (QED) is 0.897. The SMILES string of the molecule is Cc1cnccc1CNC(C)c1cn(C)nc1C. The van der Waals surface area contributed by atoms with Crippen LogP contribution in [0.4, 0.5) is 0 Å². The zero-order valence-electron chi connectivity index (χ0n) is 11.4. The van der Waals surface area contributed by atoms with Gasteiger partial charge >= 0.3 is 0 Å². The van der Waals surface area contributed by atoms with Crippen LogP contribution in [0.25, 0.3) is 0 Å². The van der Waals surface area contributed by atoms with Gasteiger partial charge in [0.15, 0.2) is 0 Å². The molecule has 2 heterocycles. The Kier molecular flexibility index (Phi) is 3.77. The summed E-state index contributed by atoms with van der Waals surface area (Å²) in [5.74, 6) is 0. The Morgan fingerprint density at radius 2 is 2.17 bits per heavy atom. The molecule has 1 atom stereocenters. The highest BCUT2D eigenvalue weighted by atomic mass is 15.3. The average Bonchev–Trinajstić information content (AvgIpc) is 2.67. The first kappa shape index (κ1) is 12.8. The molecule has 2 rings (SSSR count). The van der Waals surface area contributed by atoms with Gasteiger partial charge in [0.1, 0.15) is 0 Å². The summed E-state index contributed by atoms with van der Waals surface area (Å²) in [6.07, 6.45) is 5.81. The van der Waals surface area contributed by atoms with Crippen LogP contribution in [0.1, 0.15) is 35.3 Å². The molecule has 0 spiro atoms. The van der Waals surface area contributed by atoms with Gasteiger partial charge in [-0.15, -0.1) is 0 Å². The van der Waals surface area contributed by atoms with Crippen molar-refractivity contribution in [2.75, 3.05) is 0 Å². The molecule has 1 unspecified atom stereocenters. The summed E-state index contributed by atoms with van der Waals surface area (Å²) < 4.78 is 1.86. The fraction of sp³-hybridized carbons (Fsp3) is 0.429. The maximum atomic E-state index is 4.37. The van der Waals surface area contributed by atoms with Gasteiger partial charge in [0.05, 0.1) is 5.69 Å². The summed E-state index contributed by atoms with van der Waals surface area (Å²) in [5.41, 5.74) is 4.85. The van der Waals surface area contributed by atoms with Crippen molar-refractivity contribution in [3.8, 4) is 0 Å². The molecule has 0 saturated carbocycles. The third kappa shape index (κ3) is 2.76. The predicted molar refractivity (Wildman–Crippen MR) is 72.2 cm³/mol. The van der Waals surface area contributed by atoms with Crippen molar-refractivity contribution in [1.82, 2.24) is 20.1 Å². The Morgan fingerprint density at radius 3 is 2.78 bits per heavy atom. The first-order valence-corrected chi connectivity index (χ1v) is 6.21. The van der Waals surface area contributed by atoms with E-state index in [4.69, 9.17) is 0 Å². The average molecular weight is 244 g/mol. The standard InChI is InChI=1S/C14H20N4/c1-10-7-15-6-5-13(10)8-16-11(2)14-9-18(4)17-12(14)3/h5-7,9,11,16H,8H2,1-4H3. The summed E-state index contributed by atoms with van der Waals surface area (Å²) in [6, 6.07) is 2.36. The Morgan fingerprint density at radius 1 is 1.39 bits per heavy atom. The maximum Gasteiger partial charge on any atom is 0.0641 e. The summed E-state index contributed by atoms with van der Waals surface area (Å²) in [7, 11) is 1.95. The molecule has 0 aliphatic heterocycles. The number of aryl methyl sites for hydroxylation is 3. The van der Waals surface area contributed by atoms with Crippen LogP contribution in [-0.2, 0) is 13.6 Å². The van der Waals surface area contributed by atoms with Gasteiger partial charge in [-0.2, -0.15) is 5.10 Å². The van der Waals surface area contributed by atoms with E-state index >= 15 is 0 Å². The smallest absolute Gasteiger partial charge is 0.0641 e. The van der Waals surface area contributed by atoms with Crippen LogP contribution < -0.4 is 5.32 Å².